The summed E-state index contributed by atoms with van der Waals surface area (Å²) in [6, 6.07) is 0. The fourth-order valence-corrected chi connectivity index (χ4v) is 6.28. The third kappa shape index (κ3) is 45.4. The van der Waals surface area contributed by atoms with Gasteiger partial charge in [0.05, 0.1) is 0 Å². The molecule has 0 aromatic rings. The minimum absolute atomic E-state index is 0.109. The van der Waals surface area contributed by atoms with E-state index in [0.29, 0.717) is 19.3 Å². The van der Waals surface area contributed by atoms with Gasteiger partial charge < -0.3 is 14.2 Å². The summed E-state index contributed by atoms with van der Waals surface area (Å²) in [5.41, 5.74) is 0. The standard InChI is InChI=1S/C54H88O6/c1-4-7-10-13-16-19-22-25-26-27-28-30-32-35-38-41-44-47-53(56)59-50-51(49-58-52(55)46-43-40-37-34-31-24-21-18-15-12-9-6-3)60-54(57)48-45-42-39-36-33-29-23-20-17-14-11-8-5-2/h8-9,11-12,14,17-18,20-21,23,25-26,29,31,33-34,51H,4-7,10,13,15-16,19,22,24,27-28,30,32,35-50H2,1-3H3/b11-8-,12-9-,17-14-,21-18-,23-20-,26-25-,33-29-,34-31-. The Labute approximate surface area is 368 Å². The van der Waals surface area contributed by atoms with Crippen molar-refractivity contribution in [3.63, 3.8) is 0 Å². The molecule has 0 N–H and O–H groups in total. The maximum absolute atomic E-state index is 12.7. The van der Waals surface area contributed by atoms with E-state index in [0.717, 1.165) is 83.5 Å². The van der Waals surface area contributed by atoms with Crippen LogP contribution in [0, 0.1) is 0 Å². The Bertz CT molecular complexity index is 1230. The predicted octanol–water partition coefficient (Wildman–Crippen LogP) is 15.8. The third-order valence-electron chi connectivity index (χ3n) is 9.90. The average Bonchev–Trinajstić information content (AvgIpc) is 3.24. The fraction of sp³-hybridized carbons (Fsp3) is 0.648. The van der Waals surface area contributed by atoms with Gasteiger partial charge in [-0.15, -0.1) is 0 Å². The molecule has 6 nitrogen and oxygen atoms in total. The lowest BCUT2D eigenvalue weighted by Crippen LogP contribution is -2.30. The fourth-order valence-electron chi connectivity index (χ4n) is 6.28. The van der Waals surface area contributed by atoms with Crippen LogP contribution in [-0.4, -0.2) is 37.2 Å². The van der Waals surface area contributed by atoms with Gasteiger partial charge in [-0.3, -0.25) is 14.4 Å². The van der Waals surface area contributed by atoms with Crippen molar-refractivity contribution in [1.82, 2.24) is 0 Å². The Morgan fingerprint density at radius 2 is 0.733 bits per heavy atom. The number of ether oxygens (including phenoxy) is 3. The molecule has 0 amide bonds. The Kier molecular flexibility index (Phi) is 45.1. The number of esters is 3. The molecule has 6 heteroatoms. The molecule has 0 heterocycles. The van der Waals surface area contributed by atoms with E-state index in [-0.39, 0.29) is 37.5 Å². The Morgan fingerprint density at radius 3 is 1.28 bits per heavy atom. The Morgan fingerprint density at radius 1 is 0.367 bits per heavy atom. The quantitative estimate of drug-likeness (QED) is 0.0200. The first-order valence-electron chi connectivity index (χ1n) is 24.3. The Hall–Kier alpha value is -3.67. The normalized spacial score (nSPS) is 12.9. The molecule has 0 bridgehead atoms. The number of unbranched alkanes of at least 4 members (excludes halogenated alkanes) is 18. The summed E-state index contributed by atoms with van der Waals surface area (Å²) in [6.45, 7) is 6.28. The van der Waals surface area contributed by atoms with Gasteiger partial charge in [0.25, 0.3) is 0 Å². The molecule has 0 aromatic carbocycles. The number of carbonyl (C=O) groups excluding carboxylic acids is 3. The van der Waals surface area contributed by atoms with Crippen LogP contribution in [0.25, 0.3) is 0 Å². The van der Waals surface area contributed by atoms with Crippen molar-refractivity contribution in [2.75, 3.05) is 13.2 Å². The molecule has 0 rings (SSSR count). The molecule has 0 aliphatic rings. The van der Waals surface area contributed by atoms with Crippen molar-refractivity contribution in [2.24, 2.45) is 0 Å². The first-order chi connectivity index (χ1) is 29.5. The molecular formula is C54H88O6. The Balaban J connectivity index is 4.48. The second-order valence-electron chi connectivity index (χ2n) is 15.7. The number of hydrogen-bond donors (Lipinski definition) is 0. The van der Waals surface area contributed by atoms with Gasteiger partial charge in [-0.05, 0) is 96.3 Å². The zero-order valence-corrected chi connectivity index (χ0v) is 38.7. The molecule has 340 valence electrons. The number of allylic oxidation sites excluding steroid dienone is 16. The predicted molar refractivity (Wildman–Crippen MR) is 256 cm³/mol. The highest BCUT2D eigenvalue weighted by Crippen LogP contribution is 2.13. The number of rotatable bonds is 42. The van der Waals surface area contributed by atoms with E-state index in [2.05, 4.69) is 81.5 Å². The molecule has 0 spiro atoms. The van der Waals surface area contributed by atoms with Gasteiger partial charge in [-0.1, -0.05) is 189 Å². The maximum Gasteiger partial charge on any atom is 0.306 e. The summed E-state index contributed by atoms with van der Waals surface area (Å²) in [4.78, 5) is 37.8. The van der Waals surface area contributed by atoms with Crippen molar-refractivity contribution in [3.8, 4) is 0 Å². The first kappa shape index (κ1) is 56.3. The van der Waals surface area contributed by atoms with Gasteiger partial charge in [0.15, 0.2) is 6.10 Å². The molecule has 60 heavy (non-hydrogen) atoms. The highest BCUT2D eigenvalue weighted by molar-refractivity contribution is 5.71. The molecule has 1 atom stereocenters. The summed E-state index contributed by atoms with van der Waals surface area (Å²) in [5, 5.41) is 0. The van der Waals surface area contributed by atoms with Gasteiger partial charge in [0.1, 0.15) is 13.2 Å². The minimum atomic E-state index is -0.814. The van der Waals surface area contributed by atoms with Crippen LogP contribution in [0.5, 0.6) is 0 Å². The first-order valence-corrected chi connectivity index (χ1v) is 24.3. The molecule has 0 fully saturated rings. The van der Waals surface area contributed by atoms with Crippen molar-refractivity contribution in [3.05, 3.63) is 97.2 Å². The van der Waals surface area contributed by atoms with Crippen LogP contribution in [0.2, 0.25) is 0 Å². The van der Waals surface area contributed by atoms with E-state index in [1.165, 1.54) is 77.0 Å². The smallest absolute Gasteiger partial charge is 0.306 e. The second kappa shape index (κ2) is 48.0. The lowest BCUT2D eigenvalue weighted by molar-refractivity contribution is -0.167. The molecule has 0 radical (unpaired) electrons. The lowest BCUT2D eigenvalue weighted by Gasteiger charge is -2.18. The highest BCUT2D eigenvalue weighted by Gasteiger charge is 2.19. The van der Waals surface area contributed by atoms with Crippen molar-refractivity contribution < 1.29 is 28.6 Å². The van der Waals surface area contributed by atoms with E-state index in [4.69, 9.17) is 14.2 Å². The molecule has 0 aromatic heterocycles. The van der Waals surface area contributed by atoms with Crippen LogP contribution in [0.3, 0.4) is 0 Å². The molecule has 1 unspecified atom stereocenters. The SMILES string of the molecule is CC\C=C/C=C\C=C/C=C\CCCCCC(=O)OC(COC(=O)CCCC/C=C\C/C=C\C/C=C\CC)COC(=O)CCCCCCCCC/C=C\CCCCCCCC. The van der Waals surface area contributed by atoms with Crippen molar-refractivity contribution >= 4 is 17.9 Å². The zero-order valence-electron chi connectivity index (χ0n) is 38.7. The van der Waals surface area contributed by atoms with Crippen LogP contribution in [-0.2, 0) is 28.6 Å². The number of hydrogen-bond acceptors (Lipinski definition) is 6. The molecule has 0 aliphatic carbocycles. The molecule has 0 saturated carbocycles. The van der Waals surface area contributed by atoms with Crippen molar-refractivity contribution in [1.29, 1.82) is 0 Å². The average molecular weight is 833 g/mol. The van der Waals surface area contributed by atoms with Crippen molar-refractivity contribution in [2.45, 2.75) is 213 Å². The number of carbonyl (C=O) groups is 3. The minimum Gasteiger partial charge on any atom is -0.462 e. The zero-order chi connectivity index (χ0) is 43.7. The van der Waals surface area contributed by atoms with Crippen LogP contribution in [0.4, 0.5) is 0 Å². The van der Waals surface area contributed by atoms with Crippen LogP contribution in [0.1, 0.15) is 207 Å². The van der Waals surface area contributed by atoms with E-state index in [1.54, 1.807) is 0 Å². The van der Waals surface area contributed by atoms with Crippen LogP contribution < -0.4 is 0 Å². The molecule has 0 saturated heterocycles. The van der Waals surface area contributed by atoms with Crippen LogP contribution >= 0.6 is 0 Å². The molecule has 0 aliphatic heterocycles. The second-order valence-corrected chi connectivity index (χ2v) is 15.7. The van der Waals surface area contributed by atoms with E-state index in [1.807, 2.05) is 36.5 Å². The van der Waals surface area contributed by atoms with Crippen LogP contribution in [0.15, 0.2) is 97.2 Å². The maximum atomic E-state index is 12.7. The van der Waals surface area contributed by atoms with E-state index in [9.17, 15) is 14.4 Å². The van der Waals surface area contributed by atoms with Gasteiger partial charge >= 0.3 is 17.9 Å². The topological polar surface area (TPSA) is 78.9 Å². The summed E-state index contributed by atoms with van der Waals surface area (Å²) < 4.78 is 16.7. The summed E-state index contributed by atoms with van der Waals surface area (Å²) in [7, 11) is 0. The summed E-state index contributed by atoms with van der Waals surface area (Å²) in [5.74, 6) is -1.00. The van der Waals surface area contributed by atoms with E-state index >= 15 is 0 Å². The summed E-state index contributed by atoms with van der Waals surface area (Å²) >= 11 is 0. The summed E-state index contributed by atoms with van der Waals surface area (Å²) in [6.07, 6.45) is 62.5. The monoisotopic (exact) mass is 833 g/mol. The van der Waals surface area contributed by atoms with Gasteiger partial charge in [0.2, 0.25) is 0 Å². The van der Waals surface area contributed by atoms with E-state index < -0.39 is 6.10 Å². The highest BCUT2D eigenvalue weighted by atomic mass is 16.6. The van der Waals surface area contributed by atoms with Gasteiger partial charge in [-0.25, -0.2) is 0 Å². The van der Waals surface area contributed by atoms with Gasteiger partial charge in [0, 0.05) is 19.3 Å². The largest absolute Gasteiger partial charge is 0.462 e. The third-order valence-corrected chi connectivity index (χ3v) is 9.90. The molecular weight excluding hydrogens is 745 g/mol. The lowest BCUT2D eigenvalue weighted by atomic mass is 10.1. The van der Waals surface area contributed by atoms with Gasteiger partial charge in [-0.2, -0.15) is 0 Å².